The topological polar surface area (TPSA) is 86.6 Å². The lowest BCUT2D eigenvalue weighted by Crippen LogP contribution is -2.41. The van der Waals surface area contributed by atoms with Crippen LogP contribution in [0.25, 0.3) is 10.2 Å². The van der Waals surface area contributed by atoms with E-state index in [1.54, 1.807) is 42.0 Å². The van der Waals surface area contributed by atoms with Gasteiger partial charge in [0.2, 0.25) is 10.0 Å². The van der Waals surface area contributed by atoms with Crippen LogP contribution in [0.5, 0.6) is 11.5 Å². The minimum atomic E-state index is -3.86. The van der Waals surface area contributed by atoms with Crippen LogP contribution < -0.4 is 19.1 Å². The first kappa shape index (κ1) is 23.6. The highest BCUT2D eigenvalue weighted by molar-refractivity contribution is 7.89. The smallest absolute Gasteiger partial charge is 0.308 e. The highest BCUT2D eigenvalue weighted by Gasteiger charge is 2.36. The van der Waals surface area contributed by atoms with Crippen molar-refractivity contribution in [1.29, 1.82) is 0 Å². The zero-order chi connectivity index (χ0) is 24.8. The third-order valence-electron chi connectivity index (χ3n) is 6.11. The van der Waals surface area contributed by atoms with Crippen LogP contribution in [-0.2, 0) is 16.6 Å². The number of fused-ring (bicyclic) bond motifs is 2. The molecule has 9 heteroatoms. The maximum Gasteiger partial charge on any atom is 0.308 e. The van der Waals surface area contributed by atoms with Crippen LogP contribution in [0.15, 0.2) is 76.4 Å². The van der Waals surface area contributed by atoms with Crippen LogP contribution in [0.1, 0.15) is 37.4 Å². The molecule has 1 N–H and O–H groups in total. The van der Waals surface area contributed by atoms with Gasteiger partial charge in [0, 0.05) is 18.1 Å². The van der Waals surface area contributed by atoms with Crippen molar-refractivity contribution in [3.63, 3.8) is 0 Å². The van der Waals surface area contributed by atoms with E-state index in [4.69, 9.17) is 9.47 Å². The first-order valence-electron chi connectivity index (χ1n) is 11.2. The predicted octanol–water partition coefficient (Wildman–Crippen LogP) is 4.70. The molecule has 7 nitrogen and oxygen atoms in total. The lowest BCUT2D eigenvalue weighted by molar-refractivity contribution is 0.0699. The molecule has 35 heavy (non-hydrogen) atoms. The first-order chi connectivity index (χ1) is 16.6. The Kier molecular flexibility index (Phi) is 5.94. The van der Waals surface area contributed by atoms with Crippen molar-refractivity contribution in [3.05, 3.63) is 87.5 Å². The molecule has 0 spiro atoms. The van der Waals surface area contributed by atoms with Gasteiger partial charge in [-0.25, -0.2) is 13.1 Å². The summed E-state index contributed by atoms with van der Waals surface area (Å²) in [5, 5.41) is 0. The van der Waals surface area contributed by atoms with Crippen LogP contribution in [0.3, 0.4) is 0 Å². The number of sulfonamides is 1. The Morgan fingerprint density at radius 3 is 2.63 bits per heavy atom. The molecule has 0 saturated carbocycles. The summed E-state index contributed by atoms with van der Waals surface area (Å²) in [6, 6.07) is 19.5. The van der Waals surface area contributed by atoms with Gasteiger partial charge < -0.3 is 9.47 Å². The van der Waals surface area contributed by atoms with E-state index < -0.39 is 21.7 Å². The molecule has 4 aromatic rings. The normalized spacial score (nSPS) is 17.1. The van der Waals surface area contributed by atoms with Crippen LogP contribution in [-0.4, -0.2) is 25.7 Å². The van der Waals surface area contributed by atoms with Crippen molar-refractivity contribution >= 4 is 31.6 Å². The molecule has 0 amide bonds. The molecule has 0 radical (unpaired) electrons. The molecular weight excluding hydrogens is 484 g/mol. The van der Waals surface area contributed by atoms with E-state index in [2.05, 4.69) is 4.72 Å². The Morgan fingerprint density at radius 1 is 1.11 bits per heavy atom. The summed E-state index contributed by atoms with van der Waals surface area (Å²) < 4.78 is 43.4. The molecule has 1 aromatic heterocycles. The molecule has 182 valence electrons. The molecule has 0 aliphatic carbocycles. The molecule has 0 bridgehead atoms. The van der Waals surface area contributed by atoms with Crippen molar-refractivity contribution in [2.75, 3.05) is 7.11 Å². The fourth-order valence-corrected chi connectivity index (χ4v) is 6.69. The van der Waals surface area contributed by atoms with Gasteiger partial charge in [0.25, 0.3) is 0 Å². The van der Waals surface area contributed by atoms with E-state index in [0.717, 1.165) is 22.5 Å². The average Bonchev–Trinajstić information content (AvgIpc) is 3.12. The minimum Gasteiger partial charge on any atom is -0.497 e. The van der Waals surface area contributed by atoms with Crippen LogP contribution >= 0.6 is 11.3 Å². The molecule has 1 aliphatic heterocycles. The summed E-state index contributed by atoms with van der Waals surface area (Å²) >= 11 is 1.05. The number of nitrogens with zero attached hydrogens (tertiary/aromatic N) is 1. The van der Waals surface area contributed by atoms with E-state index >= 15 is 0 Å². The molecule has 0 unspecified atom stereocenters. The van der Waals surface area contributed by atoms with Crippen molar-refractivity contribution < 1.29 is 17.9 Å². The molecule has 0 fully saturated rings. The Hall–Kier alpha value is -3.14. The van der Waals surface area contributed by atoms with E-state index in [9.17, 15) is 13.2 Å². The molecular formula is C26H26N2O5S2. The fourth-order valence-electron chi connectivity index (χ4n) is 4.45. The summed E-state index contributed by atoms with van der Waals surface area (Å²) in [4.78, 5) is 12.7. The number of rotatable bonds is 6. The van der Waals surface area contributed by atoms with Gasteiger partial charge in [-0.1, -0.05) is 47.7 Å². The second-order valence-corrected chi connectivity index (χ2v) is 11.9. The van der Waals surface area contributed by atoms with Gasteiger partial charge in [-0.3, -0.25) is 9.36 Å². The minimum absolute atomic E-state index is 0.123. The monoisotopic (exact) mass is 510 g/mol. The predicted molar refractivity (Wildman–Crippen MR) is 137 cm³/mol. The number of hydrogen-bond acceptors (Lipinski definition) is 6. The van der Waals surface area contributed by atoms with Crippen LogP contribution in [0, 0.1) is 0 Å². The summed E-state index contributed by atoms with van der Waals surface area (Å²) in [7, 11) is -2.29. The third-order valence-corrected chi connectivity index (χ3v) is 8.52. The van der Waals surface area contributed by atoms with Crippen molar-refractivity contribution in [1.82, 2.24) is 9.29 Å². The van der Waals surface area contributed by atoms with Gasteiger partial charge in [-0.05, 0) is 43.7 Å². The Bertz CT molecular complexity index is 1560. The SMILES string of the molecule is COc1ccc2c(c1)OC(C)(C)C[C@@H]2NS(=O)(=O)c1ccc2c(c1)sc(=O)n2Cc1ccccc1. The number of aromatic nitrogens is 1. The van der Waals surface area contributed by atoms with E-state index in [0.29, 0.717) is 34.7 Å². The largest absolute Gasteiger partial charge is 0.497 e. The second kappa shape index (κ2) is 8.82. The first-order valence-corrected chi connectivity index (χ1v) is 13.5. The Labute approximate surface area is 208 Å². The zero-order valence-corrected chi connectivity index (χ0v) is 21.3. The van der Waals surface area contributed by atoms with Gasteiger partial charge in [0.15, 0.2) is 0 Å². The molecule has 3 aromatic carbocycles. The van der Waals surface area contributed by atoms with Crippen LogP contribution in [0.4, 0.5) is 0 Å². The summed E-state index contributed by atoms with van der Waals surface area (Å²) in [5.41, 5.74) is 1.91. The lowest BCUT2D eigenvalue weighted by atomic mass is 9.90. The number of thiazole rings is 1. The maximum atomic E-state index is 13.4. The summed E-state index contributed by atoms with van der Waals surface area (Å²) in [5.74, 6) is 1.24. The number of nitrogens with one attached hydrogen (secondary N) is 1. The van der Waals surface area contributed by atoms with Crippen molar-refractivity contribution in [2.45, 2.75) is 43.4 Å². The van der Waals surface area contributed by atoms with Crippen LogP contribution in [0.2, 0.25) is 0 Å². The highest BCUT2D eigenvalue weighted by Crippen LogP contribution is 2.42. The summed E-state index contributed by atoms with van der Waals surface area (Å²) in [6.45, 7) is 4.28. The van der Waals surface area contributed by atoms with E-state index in [1.165, 1.54) is 0 Å². The molecule has 0 saturated heterocycles. The standard InChI is InChI=1S/C26H26N2O5S2/c1-26(2)15-21(20-11-9-18(32-3)13-23(20)33-26)27-35(30,31)19-10-12-22-24(14-19)34-25(29)28(22)16-17-7-5-4-6-8-17/h4-14,21,27H,15-16H2,1-3H3/t21-/m0/s1. The van der Waals surface area contributed by atoms with Gasteiger partial charge in [-0.2, -0.15) is 0 Å². The van der Waals surface area contributed by atoms with Gasteiger partial charge in [-0.15, -0.1) is 0 Å². The number of methoxy groups -OCH3 is 1. The van der Waals surface area contributed by atoms with Gasteiger partial charge >= 0.3 is 4.87 Å². The average molecular weight is 511 g/mol. The Balaban J connectivity index is 1.47. The Morgan fingerprint density at radius 2 is 1.89 bits per heavy atom. The van der Waals surface area contributed by atoms with E-state index in [-0.39, 0.29) is 9.77 Å². The quantitative estimate of drug-likeness (QED) is 0.406. The van der Waals surface area contributed by atoms with E-state index in [1.807, 2.05) is 50.2 Å². The second-order valence-electron chi connectivity index (χ2n) is 9.21. The molecule has 1 aliphatic rings. The van der Waals surface area contributed by atoms with Crippen molar-refractivity contribution in [3.8, 4) is 11.5 Å². The number of ether oxygens (including phenoxy) is 2. The number of benzene rings is 3. The fraction of sp³-hybridized carbons (Fsp3) is 0.269. The van der Waals surface area contributed by atoms with Crippen molar-refractivity contribution in [2.24, 2.45) is 0 Å². The van der Waals surface area contributed by atoms with Gasteiger partial charge in [0.05, 0.1) is 34.8 Å². The highest BCUT2D eigenvalue weighted by atomic mass is 32.2. The maximum absolute atomic E-state index is 13.4. The molecule has 5 rings (SSSR count). The molecule has 2 heterocycles. The third kappa shape index (κ3) is 4.71. The summed E-state index contributed by atoms with van der Waals surface area (Å²) in [6.07, 6.45) is 0.467. The van der Waals surface area contributed by atoms with Gasteiger partial charge in [0.1, 0.15) is 17.1 Å². The lowest BCUT2D eigenvalue weighted by Gasteiger charge is -2.37. The number of hydrogen-bond donors (Lipinski definition) is 1. The zero-order valence-electron chi connectivity index (χ0n) is 19.6. The molecule has 1 atom stereocenters.